The molecule has 0 radical (unpaired) electrons. The van der Waals surface area contributed by atoms with E-state index in [4.69, 9.17) is 11.6 Å². The van der Waals surface area contributed by atoms with Gasteiger partial charge in [-0.15, -0.1) is 0 Å². The zero-order valence-electron chi connectivity index (χ0n) is 14.9. The van der Waals surface area contributed by atoms with Gasteiger partial charge in [0.1, 0.15) is 0 Å². The van der Waals surface area contributed by atoms with E-state index < -0.39 is 0 Å². The second-order valence-electron chi connectivity index (χ2n) is 6.68. The molecule has 2 aromatic carbocycles. The highest BCUT2D eigenvalue weighted by Gasteiger charge is 2.29. The lowest BCUT2D eigenvalue weighted by molar-refractivity contribution is -0.117. The van der Waals surface area contributed by atoms with Gasteiger partial charge >= 0.3 is 0 Å². The number of benzene rings is 2. The number of amides is 2. The Balaban J connectivity index is 1.52. The first-order valence-corrected chi connectivity index (χ1v) is 9.01. The SMILES string of the molecule is Cc1cc(C)c(NC(=O)CNc2ccc(NC(=O)C3CC3)cc2)c(Cl)c1. The number of halogens is 1. The van der Waals surface area contributed by atoms with Crippen molar-refractivity contribution in [2.24, 2.45) is 5.92 Å². The monoisotopic (exact) mass is 371 g/mol. The third-order valence-corrected chi connectivity index (χ3v) is 4.55. The summed E-state index contributed by atoms with van der Waals surface area (Å²) in [5, 5.41) is 9.32. The minimum atomic E-state index is -0.176. The number of anilines is 3. The van der Waals surface area contributed by atoms with E-state index in [0.717, 1.165) is 35.3 Å². The zero-order chi connectivity index (χ0) is 18.7. The van der Waals surface area contributed by atoms with E-state index in [1.165, 1.54) is 0 Å². The molecule has 6 heteroatoms. The normalized spacial score (nSPS) is 13.2. The molecule has 0 saturated heterocycles. The first kappa shape index (κ1) is 18.3. The molecule has 0 atom stereocenters. The average Bonchev–Trinajstić information content (AvgIpc) is 3.42. The van der Waals surface area contributed by atoms with Crippen LogP contribution in [0.1, 0.15) is 24.0 Å². The molecule has 1 aliphatic rings. The lowest BCUT2D eigenvalue weighted by Crippen LogP contribution is -2.22. The summed E-state index contributed by atoms with van der Waals surface area (Å²) in [4.78, 5) is 23.9. The summed E-state index contributed by atoms with van der Waals surface area (Å²) in [6, 6.07) is 11.1. The molecule has 1 aliphatic carbocycles. The van der Waals surface area contributed by atoms with Gasteiger partial charge < -0.3 is 16.0 Å². The zero-order valence-corrected chi connectivity index (χ0v) is 15.6. The van der Waals surface area contributed by atoms with Crippen molar-refractivity contribution in [2.45, 2.75) is 26.7 Å². The van der Waals surface area contributed by atoms with Gasteiger partial charge in [0.05, 0.1) is 17.3 Å². The van der Waals surface area contributed by atoms with Gasteiger partial charge in [0.2, 0.25) is 11.8 Å². The highest BCUT2D eigenvalue weighted by molar-refractivity contribution is 6.34. The van der Waals surface area contributed by atoms with Crippen LogP contribution in [0.25, 0.3) is 0 Å². The number of hydrogen-bond acceptors (Lipinski definition) is 3. The maximum Gasteiger partial charge on any atom is 0.243 e. The summed E-state index contributed by atoms with van der Waals surface area (Å²) in [7, 11) is 0. The first-order valence-electron chi connectivity index (χ1n) is 8.64. The molecule has 136 valence electrons. The van der Waals surface area contributed by atoms with Crippen molar-refractivity contribution >= 4 is 40.5 Å². The molecule has 5 nitrogen and oxygen atoms in total. The quantitative estimate of drug-likeness (QED) is 0.706. The third kappa shape index (κ3) is 4.76. The second kappa shape index (κ2) is 7.79. The fourth-order valence-corrected chi connectivity index (χ4v) is 3.07. The smallest absolute Gasteiger partial charge is 0.243 e. The lowest BCUT2D eigenvalue weighted by atomic mass is 10.1. The van der Waals surface area contributed by atoms with Crippen LogP contribution in [-0.2, 0) is 9.59 Å². The van der Waals surface area contributed by atoms with Crippen molar-refractivity contribution in [1.29, 1.82) is 0 Å². The number of aryl methyl sites for hydroxylation is 2. The van der Waals surface area contributed by atoms with Gasteiger partial charge in [0.15, 0.2) is 0 Å². The van der Waals surface area contributed by atoms with Crippen LogP contribution in [0.15, 0.2) is 36.4 Å². The fraction of sp³-hybridized carbons (Fsp3) is 0.300. The molecule has 0 bridgehead atoms. The van der Waals surface area contributed by atoms with E-state index in [1.54, 1.807) is 0 Å². The minimum absolute atomic E-state index is 0.0791. The van der Waals surface area contributed by atoms with E-state index in [9.17, 15) is 9.59 Å². The Morgan fingerprint density at radius 1 is 1.04 bits per heavy atom. The number of carbonyl (C=O) groups excluding carboxylic acids is 2. The summed E-state index contributed by atoms with van der Waals surface area (Å²) >= 11 is 6.21. The Bertz CT molecular complexity index is 806. The van der Waals surface area contributed by atoms with Crippen LogP contribution in [0.2, 0.25) is 5.02 Å². The van der Waals surface area contributed by atoms with E-state index in [-0.39, 0.29) is 24.3 Å². The highest BCUT2D eigenvalue weighted by Crippen LogP contribution is 2.30. The highest BCUT2D eigenvalue weighted by atomic mass is 35.5. The molecule has 2 amide bonds. The Kier molecular flexibility index (Phi) is 5.47. The molecule has 0 unspecified atom stereocenters. The van der Waals surface area contributed by atoms with Crippen LogP contribution >= 0.6 is 11.6 Å². The van der Waals surface area contributed by atoms with Gasteiger partial charge in [0, 0.05) is 17.3 Å². The molecule has 0 heterocycles. The average molecular weight is 372 g/mol. The molecular formula is C20H22ClN3O2. The molecule has 0 aromatic heterocycles. The molecule has 0 aliphatic heterocycles. The predicted molar refractivity (Wildman–Crippen MR) is 106 cm³/mol. The van der Waals surface area contributed by atoms with Crippen LogP contribution in [0.3, 0.4) is 0 Å². The molecule has 26 heavy (non-hydrogen) atoms. The summed E-state index contributed by atoms with van der Waals surface area (Å²) < 4.78 is 0. The third-order valence-electron chi connectivity index (χ3n) is 4.25. The van der Waals surface area contributed by atoms with Crippen molar-refractivity contribution in [1.82, 2.24) is 0 Å². The standard InChI is InChI=1S/C20H22ClN3O2/c1-12-9-13(2)19(17(21)10-12)24-18(25)11-22-15-5-7-16(8-6-15)23-20(26)14-3-4-14/h5-10,14,22H,3-4,11H2,1-2H3,(H,23,26)(H,24,25). The van der Waals surface area contributed by atoms with Gasteiger partial charge in [-0.05, 0) is 68.1 Å². The molecule has 1 saturated carbocycles. The minimum Gasteiger partial charge on any atom is -0.376 e. The summed E-state index contributed by atoms with van der Waals surface area (Å²) in [6.07, 6.45) is 1.95. The van der Waals surface area contributed by atoms with Crippen LogP contribution in [0.5, 0.6) is 0 Å². The second-order valence-corrected chi connectivity index (χ2v) is 7.09. The number of rotatable bonds is 6. The van der Waals surface area contributed by atoms with Crippen LogP contribution < -0.4 is 16.0 Å². The van der Waals surface area contributed by atoms with Crippen LogP contribution in [-0.4, -0.2) is 18.4 Å². The van der Waals surface area contributed by atoms with E-state index in [0.29, 0.717) is 10.7 Å². The van der Waals surface area contributed by atoms with E-state index in [1.807, 2.05) is 50.2 Å². The molecule has 2 aromatic rings. The number of carbonyl (C=O) groups is 2. The molecule has 3 rings (SSSR count). The molecule has 3 N–H and O–H groups in total. The number of nitrogens with one attached hydrogen (secondary N) is 3. The largest absolute Gasteiger partial charge is 0.376 e. The Morgan fingerprint density at radius 2 is 1.69 bits per heavy atom. The van der Waals surface area contributed by atoms with Gasteiger partial charge in [-0.2, -0.15) is 0 Å². The fourth-order valence-electron chi connectivity index (χ4n) is 2.70. The van der Waals surface area contributed by atoms with Crippen LogP contribution in [0, 0.1) is 19.8 Å². The maximum absolute atomic E-state index is 12.2. The van der Waals surface area contributed by atoms with Gasteiger partial charge in [0.25, 0.3) is 0 Å². The van der Waals surface area contributed by atoms with Crippen molar-refractivity contribution in [3.05, 3.63) is 52.5 Å². The number of hydrogen-bond donors (Lipinski definition) is 3. The molecule has 1 fully saturated rings. The summed E-state index contributed by atoms with van der Waals surface area (Å²) in [5.41, 5.74) is 4.19. The molecule has 0 spiro atoms. The topological polar surface area (TPSA) is 70.2 Å². The van der Waals surface area contributed by atoms with Crippen molar-refractivity contribution in [3.8, 4) is 0 Å². The Morgan fingerprint density at radius 3 is 2.31 bits per heavy atom. The van der Waals surface area contributed by atoms with Gasteiger partial charge in [-0.25, -0.2) is 0 Å². The maximum atomic E-state index is 12.2. The molecular weight excluding hydrogens is 350 g/mol. The first-order chi connectivity index (χ1) is 12.4. The predicted octanol–water partition coefficient (Wildman–Crippen LogP) is 4.36. The van der Waals surface area contributed by atoms with Gasteiger partial charge in [-0.3, -0.25) is 9.59 Å². The van der Waals surface area contributed by atoms with E-state index >= 15 is 0 Å². The summed E-state index contributed by atoms with van der Waals surface area (Å²) in [6.45, 7) is 4.00. The Hall–Kier alpha value is -2.53. The van der Waals surface area contributed by atoms with E-state index in [2.05, 4.69) is 16.0 Å². The van der Waals surface area contributed by atoms with Crippen LogP contribution in [0.4, 0.5) is 17.1 Å². The summed E-state index contributed by atoms with van der Waals surface area (Å²) in [5.74, 6) is 0.0777. The van der Waals surface area contributed by atoms with Crippen molar-refractivity contribution < 1.29 is 9.59 Å². The van der Waals surface area contributed by atoms with Crippen molar-refractivity contribution in [3.63, 3.8) is 0 Å². The lowest BCUT2D eigenvalue weighted by Gasteiger charge is -2.13. The Labute approximate surface area is 158 Å². The van der Waals surface area contributed by atoms with Crippen molar-refractivity contribution in [2.75, 3.05) is 22.5 Å². The van der Waals surface area contributed by atoms with Gasteiger partial charge in [-0.1, -0.05) is 17.7 Å².